The maximum atomic E-state index is 13.2. The van der Waals surface area contributed by atoms with Gasteiger partial charge in [0.05, 0.1) is 11.1 Å². The summed E-state index contributed by atoms with van der Waals surface area (Å²) in [6.45, 7) is 3.88. The highest BCUT2D eigenvalue weighted by Gasteiger charge is 2.26. The van der Waals surface area contributed by atoms with Gasteiger partial charge in [0.2, 0.25) is 0 Å². The molecule has 31 heavy (non-hydrogen) atoms. The van der Waals surface area contributed by atoms with Crippen LogP contribution in [0, 0.1) is 5.92 Å². The van der Waals surface area contributed by atoms with Gasteiger partial charge < -0.3 is 5.32 Å². The van der Waals surface area contributed by atoms with E-state index in [2.05, 4.69) is 27.5 Å². The van der Waals surface area contributed by atoms with Gasteiger partial charge in [0, 0.05) is 15.8 Å². The summed E-state index contributed by atoms with van der Waals surface area (Å²) < 4.78 is 1.19. The first kappa shape index (κ1) is 20.0. The Kier molecular flexibility index (Phi) is 5.15. The van der Waals surface area contributed by atoms with E-state index in [9.17, 15) is 9.59 Å². The topological polar surface area (TPSA) is 89.8 Å². The van der Waals surface area contributed by atoms with Gasteiger partial charge in [-0.05, 0) is 37.7 Å². The third-order valence-electron chi connectivity index (χ3n) is 5.70. The molecule has 1 aliphatic carbocycles. The number of benzene rings is 1. The molecule has 2 atom stereocenters. The number of fused-ring (bicyclic) bond motifs is 3. The molecule has 2 unspecified atom stereocenters. The number of amides is 1. The van der Waals surface area contributed by atoms with Crippen LogP contribution in [0.15, 0.2) is 40.5 Å². The van der Waals surface area contributed by atoms with E-state index in [0.717, 1.165) is 36.1 Å². The molecule has 0 fully saturated rings. The van der Waals surface area contributed by atoms with Crippen LogP contribution in [0.4, 0.5) is 5.13 Å². The highest BCUT2D eigenvalue weighted by molar-refractivity contribution is 7.18. The van der Waals surface area contributed by atoms with Gasteiger partial charge in [-0.3, -0.25) is 9.59 Å². The van der Waals surface area contributed by atoms with Crippen molar-refractivity contribution in [1.82, 2.24) is 20.0 Å². The number of rotatable bonds is 4. The molecular weight excluding hydrogens is 430 g/mol. The molecule has 0 saturated heterocycles. The predicted molar refractivity (Wildman–Crippen MR) is 124 cm³/mol. The smallest absolute Gasteiger partial charge is 0.279 e. The Balaban J connectivity index is 1.40. The number of carbonyl (C=O) groups is 1. The lowest BCUT2D eigenvalue weighted by Crippen LogP contribution is -2.34. The van der Waals surface area contributed by atoms with E-state index < -0.39 is 6.04 Å². The molecule has 0 aliphatic heterocycles. The first-order valence-corrected chi connectivity index (χ1v) is 11.9. The number of hydrogen-bond donors (Lipinski definition) is 1. The van der Waals surface area contributed by atoms with E-state index in [4.69, 9.17) is 0 Å². The van der Waals surface area contributed by atoms with Gasteiger partial charge in [0.1, 0.15) is 6.04 Å². The normalized spacial score (nSPS) is 16.8. The third-order valence-corrected chi connectivity index (χ3v) is 7.59. The average Bonchev–Trinajstić information content (AvgIpc) is 3.38. The van der Waals surface area contributed by atoms with E-state index in [-0.39, 0.29) is 11.5 Å². The molecule has 7 nitrogen and oxygen atoms in total. The first-order valence-electron chi connectivity index (χ1n) is 10.2. The number of hydrogen-bond acceptors (Lipinski definition) is 7. The van der Waals surface area contributed by atoms with Gasteiger partial charge in [-0.1, -0.05) is 42.5 Å². The highest BCUT2D eigenvalue weighted by Crippen LogP contribution is 2.35. The maximum Gasteiger partial charge on any atom is 0.279 e. The van der Waals surface area contributed by atoms with Crippen molar-refractivity contribution < 1.29 is 4.79 Å². The first-order chi connectivity index (χ1) is 15.0. The van der Waals surface area contributed by atoms with Crippen LogP contribution in [-0.2, 0) is 17.6 Å². The van der Waals surface area contributed by atoms with Crippen LogP contribution in [0.5, 0.6) is 0 Å². The highest BCUT2D eigenvalue weighted by atomic mass is 32.1. The van der Waals surface area contributed by atoms with Crippen LogP contribution in [0.25, 0.3) is 21.5 Å². The fourth-order valence-corrected chi connectivity index (χ4v) is 5.96. The molecule has 3 aromatic heterocycles. The van der Waals surface area contributed by atoms with E-state index >= 15 is 0 Å². The molecule has 9 heteroatoms. The summed E-state index contributed by atoms with van der Waals surface area (Å²) in [6.07, 6.45) is 2.91. The van der Waals surface area contributed by atoms with E-state index in [1.165, 1.54) is 20.9 Å². The summed E-state index contributed by atoms with van der Waals surface area (Å²) in [4.78, 5) is 32.4. The zero-order valence-corrected chi connectivity index (χ0v) is 18.8. The molecule has 158 valence electrons. The van der Waals surface area contributed by atoms with Crippen LogP contribution < -0.4 is 10.9 Å². The van der Waals surface area contributed by atoms with Crippen molar-refractivity contribution >= 4 is 43.9 Å². The van der Waals surface area contributed by atoms with Gasteiger partial charge >= 0.3 is 0 Å². The summed E-state index contributed by atoms with van der Waals surface area (Å²) in [5.74, 6) is 0.266. The molecule has 5 rings (SSSR count). The summed E-state index contributed by atoms with van der Waals surface area (Å²) in [5, 5.41) is 14.2. The number of nitrogens with zero attached hydrogens (tertiary/aromatic N) is 4. The van der Waals surface area contributed by atoms with Gasteiger partial charge in [0.25, 0.3) is 11.5 Å². The van der Waals surface area contributed by atoms with Crippen LogP contribution in [-0.4, -0.2) is 25.9 Å². The minimum absolute atomic E-state index is 0.246. The average molecular weight is 452 g/mol. The number of anilines is 1. The van der Waals surface area contributed by atoms with Crippen LogP contribution >= 0.6 is 22.7 Å². The van der Waals surface area contributed by atoms with Crippen LogP contribution in [0.2, 0.25) is 0 Å². The van der Waals surface area contributed by atoms with Crippen molar-refractivity contribution in [3.63, 3.8) is 0 Å². The number of thiophene rings is 1. The Morgan fingerprint density at radius 3 is 2.90 bits per heavy atom. The molecule has 0 radical (unpaired) electrons. The second kappa shape index (κ2) is 7.97. The van der Waals surface area contributed by atoms with Gasteiger partial charge in [-0.2, -0.15) is 4.68 Å². The lowest BCUT2D eigenvalue weighted by Gasteiger charge is -2.17. The Hall–Kier alpha value is -2.91. The molecule has 0 saturated carbocycles. The SMILES string of the molecule is CC1CCc2c(sc3nnn(C(C)C(=O)Nc4nc(-c5ccccc5)cs4)c(=O)c23)C1. The summed E-state index contributed by atoms with van der Waals surface area (Å²) >= 11 is 2.90. The molecule has 4 aromatic rings. The van der Waals surface area contributed by atoms with E-state index in [1.807, 2.05) is 35.7 Å². The number of aromatic nitrogens is 4. The Morgan fingerprint density at radius 2 is 2.10 bits per heavy atom. The molecule has 1 aliphatic rings. The fourth-order valence-electron chi connectivity index (χ4n) is 3.92. The largest absolute Gasteiger partial charge is 0.300 e. The van der Waals surface area contributed by atoms with Gasteiger partial charge in [0.15, 0.2) is 9.96 Å². The third kappa shape index (κ3) is 3.68. The maximum absolute atomic E-state index is 13.2. The molecule has 1 amide bonds. The summed E-state index contributed by atoms with van der Waals surface area (Å²) in [5.41, 5.74) is 2.62. The van der Waals surface area contributed by atoms with Crippen molar-refractivity contribution in [2.45, 2.75) is 39.2 Å². The van der Waals surface area contributed by atoms with E-state index in [0.29, 0.717) is 21.3 Å². The molecule has 1 aromatic carbocycles. The van der Waals surface area contributed by atoms with Crippen molar-refractivity contribution in [3.8, 4) is 11.3 Å². The molecule has 3 heterocycles. The van der Waals surface area contributed by atoms with E-state index in [1.54, 1.807) is 18.3 Å². The van der Waals surface area contributed by atoms with Gasteiger partial charge in [-0.15, -0.1) is 27.8 Å². The lowest BCUT2D eigenvalue weighted by atomic mass is 9.89. The lowest BCUT2D eigenvalue weighted by molar-refractivity contribution is -0.119. The number of aryl methyl sites for hydroxylation is 1. The Bertz CT molecular complexity index is 1320. The van der Waals surface area contributed by atoms with Crippen molar-refractivity contribution in [1.29, 1.82) is 0 Å². The minimum Gasteiger partial charge on any atom is -0.300 e. The molecule has 1 N–H and O–H groups in total. The summed E-state index contributed by atoms with van der Waals surface area (Å²) in [7, 11) is 0. The molecule has 0 bridgehead atoms. The Morgan fingerprint density at radius 1 is 1.29 bits per heavy atom. The second-order valence-electron chi connectivity index (χ2n) is 7.94. The quantitative estimate of drug-likeness (QED) is 0.500. The van der Waals surface area contributed by atoms with Gasteiger partial charge in [-0.25, -0.2) is 4.98 Å². The fraction of sp³-hybridized carbons (Fsp3) is 0.318. The van der Waals surface area contributed by atoms with Crippen molar-refractivity contribution in [2.24, 2.45) is 5.92 Å². The molecular formula is C22H21N5O2S2. The minimum atomic E-state index is -0.800. The zero-order valence-electron chi connectivity index (χ0n) is 17.2. The number of thiazole rings is 1. The molecule has 0 spiro atoms. The van der Waals surface area contributed by atoms with Crippen LogP contribution in [0.3, 0.4) is 0 Å². The van der Waals surface area contributed by atoms with Crippen LogP contribution in [0.1, 0.15) is 36.8 Å². The zero-order chi connectivity index (χ0) is 21.5. The summed E-state index contributed by atoms with van der Waals surface area (Å²) in [6, 6.07) is 8.97. The monoisotopic (exact) mass is 451 g/mol. The number of carbonyl (C=O) groups excluding carboxylic acids is 1. The standard InChI is InChI=1S/C22H21N5O2S2/c1-12-8-9-15-17(10-12)31-20-18(15)21(29)27(26-25-20)13(2)19(28)24-22-23-16(11-30-22)14-6-4-3-5-7-14/h3-7,11-13H,8-10H2,1-2H3,(H,23,24,28). The van der Waals surface area contributed by atoms with Crippen molar-refractivity contribution in [3.05, 3.63) is 56.5 Å². The predicted octanol–water partition coefficient (Wildman–Crippen LogP) is 4.30. The Labute approximate surface area is 186 Å². The van der Waals surface area contributed by atoms with Crippen molar-refractivity contribution in [2.75, 3.05) is 5.32 Å². The number of nitrogens with one attached hydrogen (secondary N) is 1. The second-order valence-corrected chi connectivity index (χ2v) is 9.88.